The second-order valence-corrected chi connectivity index (χ2v) is 1.85. The van der Waals surface area contributed by atoms with Crippen molar-refractivity contribution in [3.63, 3.8) is 0 Å². The van der Waals surface area contributed by atoms with E-state index in [1.165, 1.54) is 7.05 Å². The molecule has 0 radical (unpaired) electrons. The number of carbonyl (C=O) groups excluding carboxylic acids is 1. The van der Waals surface area contributed by atoms with Crippen molar-refractivity contribution >= 4 is 5.91 Å². The van der Waals surface area contributed by atoms with Crippen molar-refractivity contribution in [2.75, 3.05) is 7.05 Å². The van der Waals surface area contributed by atoms with Crippen LogP contribution in [0.4, 0.5) is 4.39 Å². The number of alkyl halides is 1. The first-order valence-corrected chi connectivity index (χ1v) is 2.31. The summed E-state index contributed by atoms with van der Waals surface area (Å²) in [6.07, 6.45) is -1.26. The van der Waals surface area contributed by atoms with Gasteiger partial charge in [-0.25, -0.2) is 4.39 Å². The molecular weight excluding hydrogens is 111 g/mol. The molecule has 0 aromatic heterocycles. The summed E-state index contributed by atoms with van der Waals surface area (Å²) in [5.74, 6) is -0.322. The highest BCUT2D eigenvalue weighted by Gasteiger charge is 2.42. The number of likely N-dealkylation sites (tertiary alicyclic amines) is 1. The summed E-state index contributed by atoms with van der Waals surface area (Å²) in [5.41, 5.74) is 4.99. The number of hydrogen-bond donors (Lipinski definition) is 1. The Morgan fingerprint density at radius 2 is 2.38 bits per heavy atom. The number of hydrogen-bond acceptors (Lipinski definition) is 2. The van der Waals surface area contributed by atoms with Gasteiger partial charge >= 0.3 is 0 Å². The van der Waals surface area contributed by atoms with E-state index in [4.69, 9.17) is 5.73 Å². The molecule has 1 aliphatic heterocycles. The zero-order valence-electron chi connectivity index (χ0n) is 4.47. The molecule has 0 aliphatic carbocycles. The van der Waals surface area contributed by atoms with Gasteiger partial charge in [-0.1, -0.05) is 0 Å². The Hall–Kier alpha value is -0.640. The molecule has 2 atom stereocenters. The first-order valence-electron chi connectivity index (χ1n) is 2.31. The molecule has 2 N–H and O–H groups in total. The summed E-state index contributed by atoms with van der Waals surface area (Å²) in [6, 6.07) is -0.903. The summed E-state index contributed by atoms with van der Waals surface area (Å²) < 4.78 is 12.1. The summed E-state index contributed by atoms with van der Waals surface area (Å²) in [5, 5.41) is 0. The average molecular weight is 118 g/mol. The minimum absolute atomic E-state index is 0.322. The SMILES string of the molecule is CN1C(=O)C(N)C1F. The number of β-lactam (4-membered cyclic amide) rings is 1. The Bertz CT molecular complexity index is 115. The van der Waals surface area contributed by atoms with Gasteiger partial charge in [0.2, 0.25) is 5.91 Å². The lowest BCUT2D eigenvalue weighted by Gasteiger charge is -2.36. The van der Waals surface area contributed by atoms with Crippen LogP contribution in [0, 0.1) is 0 Å². The van der Waals surface area contributed by atoms with Crippen LogP contribution in [0.3, 0.4) is 0 Å². The van der Waals surface area contributed by atoms with Crippen LogP contribution < -0.4 is 5.73 Å². The molecule has 2 unspecified atom stereocenters. The molecule has 1 heterocycles. The third kappa shape index (κ3) is 0.432. The molecule has 0 bridgehead atoms. The molecule has 8 heavy (non-hydrogen) atoms. The molecule has 0 aromatic carbocycles. The van der Waals surface area contributed by atoms with Gasteiger partial charge in [0.15, 0.2) is 6.30 Å². The fourth-order valence-electron chi connectivity index (χ4n) is 0.633. The van der Waals surface area contributed by atoms with Gasteiger partial charge in [-0.05, 0) is 0 Å². The van der Waals surface area contributed by atoms with E-state index in [0.29, 0.717) is 0 Å². The minimum Gasteiger partial charge on any atom is -0.316 e. The van der Waals surface area contributed by atoms with Crippen LogP contribution in [-0.4, -0.2) is 30.2 Å². The Labute approximate surface area is 46.3 Å². The van der Waals surface area contributed by atoms with Gasteiger partial charge in [-0.3, -0.25) is 4.79 Å². The van der Waals surface area contributed by atoms with Crippen molar-refractivity contribution < 1.29 is 9.18 Å². The number of amides is 1. The number of carbonyl (C=O) groups is 1. The van der Waals surface area contributed by atoms with E-state index in [1.54, 1.807) is 0 Å². The van der Waals surface area contributed by atoms with Crippen LogP contribution in [0.2, 0.25) is 0 Å². The lowest BCUT2D eigenvalue weighted by Crippen LogP contribution is -2.64. The Balaban J connectivity index is 2.55. The zero-order valence-corrected chi connectivity index (χ0v) is 4.47. The topological polar surface area (TPSA) is 46.3 Å². The number of likely N-dealkylation sites (N-methyl/N-ethyl adjacent to an activating group) is 1. The molecule has 0 spiro atoms. The van der Waals surface area contributed by atoms with Gasteiger partial charge in [0.25, 0.3) is 0 Å². The van der Waals surface area contributed by atoms with E-state index in [-0.39, 0.29) is 5.91 Å². The van der Waals surface area contributed by atoms with Gasteiger partial charge in [-0.2, -0.15) is 0 Å². The molecule has 4 heteroatoms. The molecule has 1 saturated heterocycles. The van der Waals surface area contributed by atoms with E-state index in [0.717, 1.165) is 4.90 Å². The average Bonchev–Trinajstić information content (AvgIpc) is 1.83. The fraction of sp³-hybridized carbons (Fsp3) is 0.750. The molecule has 1 rings (SSSR count). The van der Waals surface area contributed by atoms with Crippen molar-refractivity contribution in [1.29, 1.82) is 0 Å². The minimum atomic E-state index is -1.26. The second kappa shape index (κ2) is 1.42. The van der Waals surface area contributed by atoms with Gasteiger partial charge < -0.3 is 10.6 Å². The third-order valence-corrected chi connectivity index (χ3v) is 1.30. The second-order valence-electron chi connectivity index (χ2n) is 1.85. The monoisotopic (exact) mass is 118 g/mol. The predicted octanol–water partition coefficient (Wildman–Crippen LogP) is -0.919. The Morgan fingerprint density at radius 1 is 1.88 bits per heavy atom. The molecule has 46 valence electrons. The molecule has 0 aromatic rings. The lowest BCUT2D eigenvalue weighted by atomic mass is 10.1. The highest BCUT2D eigenvalue weighted by Crippen LogP contribution is 2.15. The van der Waals surface area contributed by atoms with Crippen molar-refractivity contribution in [1.82, 2.24) is 4.90 Å². The molecule has 0 saturated carbocycles. The maximum absolute atomic E-state index is 12.1. The quantitative estimate of drug-likeness (QED) is 0.330. The van der Waals surface area contributed by atoms with E-state index >= 15 is 0 Å². The molecule has 1 aliphatic rings. The highest BCUT2D eigenvalue weighted by molar-refractivity contribution is 5.88. The number of nitrogens with two attached hydrogens (primary N) is 1. The van der Waals surface area contributed by atoms with Crippen molar-refractivity contribution in [2.45, 2.75) is 12.3 Å². The molecular formula is C4H7FN2O. The van der Waals surface area contributed by atoms with Crippen LogP contribution in [0.5, 0.6) is 0 Å². The fourth-order valence-corrected chi connectivity index (χ4v) is 0.633. The normalized spacial score (nSPS) is 37.4. The molecule has 1 amide bonds. The standard InChI is InChI=1S/C4H7FN2O/c1-7-3(5)2(6)4(7)8/h2-3H,6H2,1H3. The van der Waals surface area contributed by atoms with E-state index in [1.807, 2.05) is 0 Å². The van der Waals surface area contributed by atoms with Crippen molar-refractivity contribution in [3.05, 3.63) is 0 Å². The number of rotatable bonds is 0. The van der Waals surface area contributed by atoms with Crippen LogP contribution in [-0.2, 0) is 4.79 Å². The van der Waals surface area contributed by atoms with E-state index < -0.39 is 12.3 Å². The van der Waals surface area contributed by atoms with Crippen LogP contribution in [0.25, 0.3) is 0 Å². The Kier molecular flexibility index (Phi) is 0.973. The largest absolute Gasteiger partial charge is 0.316 e. The maximum atomic E-state index is 12.1. The van der Waals surface area contributed by atoms with Crippen LogP contribution >= 0.6 is 0 Å². The summed E-state index contributed by atoms with van der Waals surface area (Å²) in [4.78, 5) is 11.3. The number of nitrogens with zero attached hydrogens (tertiary/aromatic N) is 1. The van der Waals surface area contributed by atoms with E-state index in [2.05, 4.69) is 0 Å². The summed E-state index contributed by atoms with van der Waals surface area (Å²) in [6.45, 7) is 0. The van der Waals surface area contributed by atoms with Gasteiger partial charge in [0.05, 0.1) is 0 Å². The van der Waals surface area contributed by atoms with Crippen molar-refractivity contribution in [3.8, 4) is 0 Å². The Morgan fingerprint density at radius 3 is 2.50 bits per heavy atom. The molecule has 1 fully saturated rings. The first-order chi connectivity index (χ1) is 3.64. The van der Waals surface area contributed by atoms with Gasteiger partial charge in [0, 0.05) is 7.05 Å². The molecule has 3 nitrogen and oxygen atoms in total. The summed E-state index contributed by atoms with van der Waals surface area (Å²) >= 11 is 0. The predicted molar refractivity (Wildman–Crippen MR) is 25.6 cm³/mol. The number of halogens is 1. The zero-order chi connectivity index (χ0) is 6.31. The third-order valence-electron chi connectivity index (χ3n) is 1.30. The lowest BCUT2D eigenvalue weighted by molar-refractivity contribution is -0.155. The highest BCUT2D eigenvalue weighted by atomic mass is 19.1. The van der Waals surface area contributed by atoms with Crippen molar-refractivity contribution in [2.24, 2.45) is 5.73 Å². The van der Waals surface area contributed by atoms with Gasteiger partial charge in [-0.15, -0.1) is 0 Å². The first kappa shape index (κ1) is 5.50. The van der Waals surface area contributed by atoms with Crippen LogP contribution in [0.1, 0.15) is 0 Å². The van der Waals surface area contributed by atoms with Crippen LogP contribution in [0.15, 0.2) is 0 Å². The summed E-state index contributed by atoms with van der Waals surface area (Å²) in [7, 11) is 1.39. The smallest absolute Gasteiger partial charge is 0.246 e. The van der Waals surface area contributed by atoms with Gasteiger partial charge in [0.1, 0.15) is 6.04 Å². The van der Waals surface area contributed by atoms with E-state index in [9.17, 15) is 9.18 Å². The maximum Gasteiger partial charge on any atom is 0.246 e.